The van der Waals surface area contributed by atoms with E-state index in [-0.39, 0.29) is 36.5 Å². The molecule has 0 aliphatic carbocycles. The van der Waals surface area contributed by atoms with Crippen molar-refractivity contribution in [1.82, 2.24) is 9.21 Å². The van der Waals surface area contributed by atoms with Crippen LogP contribution in [-0.2, 0) is 19.6 Å². The molecule has 2 saturated heterocycles. The molecule has 2 atom stereocenters. The lowest BCUT2D eigenvalue weighted by Gasteiger charge is -2.29. The highest BCUT2D eigenvalue weighted by Gasteiger charge is 2.42. The summed E-state index contributed by atoms with van der Waals surface area (Å²) in [7, 11) is -0.609. The maximum absolute atomic E-state index is 13.2. The molecule has 2 aliphatic rings. The first-order valence-corrected chi connectivity index (χ1v) is 9.28. The lowest BCUT2D eigenvalue weighted by Crippen LogP contribution is -2.45. The molecule has 2 bridgehead atoms. The molecule has 0 aromatic heterocycles. The average molecular weight is 354 g/mol. The largest absolute Gasteiger partial charge is 0.495 e. The van der Waals surface area contributed by atoms with Gasteiger partial charge in [0.1, 0.15) is 10.6 Å². The number of hydrogen-bond acceptors (Lipinski definition) is 5. The molecule has 0 spiro atoms. The quantitative estimate of drug-likeness (QED) is 0.789. The van der Waals surface area contributed by atoms with E-state index < -0.39 is 15.9 Å². The number of carbonyl (C=O) groups excluding carboxylic acids is 1. The third-order valence-electron chi connectivity index (χ3n) is 4.65. The number of aryl methyl sites for hydroxylation is 1. The van der Waals surface area contributed by atoms with Crippen molar-refractivity contribution in [2.45, 2.75) is 17.9 Å². The molecular weight excluding hydrogens is 332 g/mol. The van der Waals surface area contributed by atoms with Crippen LogP contribution in [0.1, 0.15) is 5.56 Å². The summed E-state index contributed by atoms with van der Waals surface area (Å²) in [4.78, 5) is 14.2. The van der Waals surface area contributed by atoms with E-state index >= 15 is 0 Å². The number of fused-ring (bicyclic) bond motifs is 3. The number of ether oxygens (including phenoxy) is 2. The van der Waals surface area contributed by atoms with Crippen molar-refractivity contribution in [3.05, 3.63) is 23.8 Å². The Kier molecular flexibility index (Phi) is 4.54. The minimum Gasteiger partial charge on any atom is -0.495 e. The zero-order chi connectivity index (χ0) is 17.5. The molecule has 7 nitrogen and oxygen atoms in total. The zero-order valence-electron chi connectivity index (χ0n) is 14.1. The molecule has 0 radical (unpaired) electrons. The van der Waals surface area contributed by atoms with Crippen molar-refractivity contribution in [2.24, 2.45) is 5.92 Å². The molecule has 1 aromatic rings. The second kappa shape index (κ2) is 6.34. The molecular formula is C16H22N2O5S. The summed E-state index contributed by atoms with van der Waals surface area (Å²) in [5.74, 6) is -0.231. The maximum Gasteiger partial charge on any atom is 0.246 e. The van der Waals surface area contributed by atoms with Gasteiger partial charge >= 0.3 is 0 Å². The molecule has 1 aromatic carbocycles. The number of likely N-dealkylation sites (N-methyl/N-ethyl adjacent to an activating group) is 1. The molecule has 132 valence electrons. The average Bonchev–Trinajstić information content (AvgIpc) is 2.73. The van der Waals surface area contributed by atoms with Crippen LogP contribution in [0.25, 0.3) is 0 Å². The van der Waals surface area contributed by atoms with E-state index in [1.54, 1.807) is 30.1 Å². The summed E-state index contributed by atoms with van der Waals surface area (Å²) in [5, 5.41) is 0. The first-order valence-electron chi connectivity index (χ1n) is 7.84. The lowest BCUT2D eigenvalue weighted by atomic mass is 10.1. The number of benzene rings is 1. The fraction of sp³-hybridized carbons (Fsp3) is 0.562. The Hall–Kier alpha value is -1.64. The maximum atomic E-state index is 13.2. The normalized spacial score (nSPS) is 25.5. The van der Waals surface area contributed by atoms with E-state index in [9.17, 15) is 13.2 Å². The van der Waals surface area contributed by atoms with Gasteiger partial charge in [-0.3, -0.25) is 4.79 Å². The van der Waals surface area contributed by atoms with Crippen LogP contribution in [0.5, 0.6) is 5.75 Å². The topological polar surface area (TPSA) is 76.2 Å². The molecule has 2 fully saturated rings. The van der Waals surface area contributed by atoms with E-state index in [1.165, 1.54) is 11.4 Å². The number of carbonyl (C=O) groups is 1. The Bertz CT molecular complexity index is 749. The highest BCUT2D eigenvalue weighted by Crippen LogP contribution is 2.30. The van der Waals surface area contributed by atoms with Gasteiger partial charge in [0.2, 0.25) is 15.9 Å². The molecule has 0 unspecified atom stereocenters. The van der Waals surface area contributed by atoms with Gasteiger partial charge in [-0.05, 0) is 24.6 Å². The molecule has 1 amide bonds. The highest BCUT2D eigenvalue weighted by atomic mass is 32.2. The summed E-state index contributed by atoms with van der Waals surface area (Å²) < 4.78 is 38.5. The Labute approximate surface area is 142 Å². The fourth-order valence-corrected chi connectivity index (χ4v) is 4.94. The number of nitrogens with zero attached hydrogens (tertiary/aromatic N) is 2. The van der Waals surface area contributed by atoms with E-state index in [2.05, 4.69) is 0 Å². The third kappa shape index (κ3) is 2.89. The minimum absolute atomic E-state index is 0.0635. The Morgan fingerprint density at radius 1 is 1.25 bits per heavy atom. The standard InChI is InChI=1S/C16H22N2O5S/c1-11-4-5-14(22-3)15(6-11)24(20,21)18-7-12-9-23-10-13(8-18)17(2)16(12)19/h4-6,12-13H,7-10H2,1-3H3/t12-,13+/m1/s1. The van der Waals surface area contributed by atoms with Crippen molar-refractivity contribution in [1.29, 1.82) is 0 Å². The highest BCUT2D eigenvalue weighted by molar-refractivity contribution is 7.89. The number of methoxy groups -OCH3 is 1. The van der Waals surface area contributed by atoms with Gasteiger partial charge in [-0.25, -0.2) is 8.42 Å². The number of amides is 1. The summed E-state index contributed by atoms with van der Waals surface area (Å²) in [6.45, 7) is 2.77. The van der Waals surface area contributed by atoms with Gasteiger partial charge in [0.15, 0.2) is 0 Å². The second-order valence-electron chi connectivity index (χ2n) is 6.31. The first kappa shape index (κ1) is 17.2. The van der Waals surface area contributed by atoms with Gasteiger partial charge < -0.3 is 14.4 Å². The Morgan fingerprint density at radius 2 is 2.00 bits per heavy atom. The summed E-state index contributed by atoms with van der Waals surface area (Å²) in [6.07, 6.45) is 0. The number of hydrogen-bond donors (Lipinski definition) is 0. The van der Waals surface area contributed by atoms with E-state index in [0.717, 1.165) is 5.56 Å². The number of rotatable bonds is 3. The number of sulfonamides is 1. The van der Waals surface area contributed by atoms with Crippen molar-refractivity contribution in [3.63, 3.8) is 0 Å². The zero-order valence-corrected chi connectivity index (χ0v) is 14.9. The van der Waals surface area contributed by atoms with Gasteiger partial charge in [-0.1, -0.05) is 6.07 Å². The second-order valence-corrected chi connectivity index (χ2v) is 8.22. The Morgan fingerprint density at radius 3 is 2.71 bits per heavy atom. The van der Waals surface area contributed by atoms with Crippen LogP contribution in [0.2, 0.25) is 0 Å². The van der Waals surface area contributed by atoms with Crippen LogP contribution < -0.4 is 4.74 Å². The van der Waals surface area contributed by atoms with Crippen LogP contribution in [0.15, 0.2) is 23.1 Å². The molecule has 8 heteroatoms. The fourth-order valence-electron chi connectivity index (χ4n) is 3.18. The molecule has 0 saturated carbocycles. The van der Waals surface area contributed by atoms with Crippen LogP contribution in [0, 0.1) is 12.8 Å². The van der Waals surface area contributed by atoms with Gasteiger partial charge in [0.25, 0.3) is 0 Å². The third-order valence-corrected chi connectivity index (χ3v) is 6.50. The molecule has 0 N–H and O–H groups in total. The van der Waals surface area contributed by atoms with Crippen LogP contribution in [0.4, 0.5) is 0 Å². The lowest BCUT2D eigenvalue weighted by molar-refractivity contribution is -0.133. The van der Waals surface area contributed by atoms with E-state index in [1.807, 2.05) is 6.92 Å². The van der Waals surface area contributed by atoms with Crippen molar-refractivity contribution in [3.8, 4) is 5.75 Å². The molecule has 2 heterocycles. The van der Waals surface area contributed by atoms with Gasteiger partial charge in [0.05, 0.1) is 32.3 Å². The predicted octanol–water partition coefficient (Wildman–Crippen LogP) is 0.481. The smallest absolute Gasteiger partial charge is 0.246 e. The Balaban J connectivity index is 2.02. The first-order chi connectivity index (χ1) is 11.3. The van der Waals surface area contributed by atoms with Gasteiger partial charge in [-0.15, -0.1) is 0 Å². The van der Waals surface area contributed by atoms with Crippen molar-refractivity contribution in [2.75, 3.05) is 40.5 Å². The van der Waals surface area contributed by atoms with Crippen LogP contribution in [0.3, 0.4) is 0 Å². The summed E-state index contributed by atoms with van der Waals surface area (Å²) in [6, 6.07) is 4.79. The predicted molar refractivity (Wildman–Crippen MR) is 87.4 cm³/mol. The van der Waals surface area contributed by atoms with Crippen LogP contribution >= 0.6 is 0 Å². The molecule has 2 aliphatic heterocycles. The van der Waals surface area contributed by atoms with Crippen molar-refractivity contribution >= 4 is 15.9 Å². The van der Waals surface area contributed by atoms with E-state index in [4.69, 9.17) is 9.47 Å². The van der Waals surface area contributed by atoms with Gasteiger partial charge in [-0.2, -0.15) is 4.31 Å². The monoisotopic (exact) mass is 354 g/mol. The summed E-state index contributed by atoms with van der Waals surface area (Å²) in [5.41, 5.74) is 0.834. The van der Waals surface area contributed by atoms with Crippen LogP contribution in [-0.4, -0.2) is 70.0 Å². The van der Waals surface area contributed by atoms with E-state index in [0.29, 0.717) is 12.4 Å². The van der Waals surface area contributed by atoms with Crippen molar-refractivity contribution < 1.29 is 22.7 Å². The SMILES string of the molecule is COc1ccc(C)cc1S(=O)(=O)N1C[C@@H]2COC[C@H](C1)N(C)C2=O. The van der Waals surface area contributed by atoms with Gasteiger partial charge in [0, 0.05) is 20.1 Å². The summed E-state index contributed by atoms with van der Waals surface area (Å²) >= 11 is 0. The molecule has 24 heavy (non-hydrogen) atoms. The minimum atomic E-state index is -3.77. The molecule has 3 rings (SSSR count).